The maximum absolute atomic E-state index is 11.5. The fourth-order valence-electron chi connectivity index (χ4n) is 1.52. The summed E-state index contributed by atoms with van der Waals surface area (Å²) in [7, 11) is -3.52. The van der Waals surface area contributed by atoms with E-state index < -0.39 is 21.2 Å². The predicted octanol–water partition coefficient (Wildman–Crippen LogP) is 1.34. The molecule has 0 bridgehead atoms. The molecule has 80 valence electrons. The van der Waals surface area contributed by atoms with E-state index in [-0.39, 0.29) is 6.42 Å². The maximum atomic E-state index is 11.5. The number of hydrogen-bond acceptors (Lipinski definition) is 3. The zero-order valence-electron chi connectivity index (χ0n) is 7.60. The Bertz CT molecular complexity index is 495. The average Bonchev–Trinajstić information content (AvgIpc) is 2.41. The van der Waals surface area contributed by atoms with Crippen molar-refractivity contribution in [3.8, 4) is 0 Å². The van der Waals surface area contributed by atoms with E-state index in [9.17, 15) is 13.2 Å². The number of halogens is 1. The summed E-state index contributed by atoms with van der Waals surface area (Å²) in [5.74, 6) is -0.442. The van der Waals surface area contributed by atoms with E-state index in [1.165, 1.54) is 0 Å². The fourth-order valence-corrected chi connectivity index (χ4v) is 3.22. The molecule has 1 aliphatic rings. The van der Waals surface area contributed by atoms with Crippen molar-refractivity contribution < 1.29 is 13.2 Å². The largest absolute Gasteiger partial charge is 0.274 e. The molecule has 1 fully saturated rings. The van der Waals surface area contributed by atoms with Crippen molar-refractivity contribution in [3.05, 3.63) is 34.3 Å². The summed E-state index contributed by atoms with van der Waals surface area (Å²) in [4.78, 5) is 11.0. The van der Waals surface area contributed by atoms with Gasteiger partial charge in [-0.1, -0.05) is 28.1 Å². The number of sulfonamides is 1. The lowest BCUT2D eigenvalue weighted by atomic mass is 10.1. The highest BCUT2D eigenvalue weighted by molar-refractivity contribution is 9.10. The zero-order chi connectivity index (χ0) is 11.1. The third kappa shape index (κ3) is 2.05. The van der Waals surface area contributed by atoms with Crippen LogP contribution in [0.15, 0.2) is 28.7 Å². The molecule has 6 heteroatoms. The van der Waals surface area contributed by atoms with E-state index in [1.54, 1.807) is 24.3 Å². The fraction of sp³-hybridized carbons (Fsp3) is 0.222. The number of hydrogen-bond donors (Lipinski definition) is 1. The summed E-state index contributed by atoms with van der Waals surface area (Å²) >= 11 is 3.26. The van der Waals surface area contributed by atoms with Crippen LogP contribution in [0.25, 0.3) is 0 Å². The van der Waals surface area contributed by atoms with Crippen molar-refractivity contribution >= 4 is 31.9 Å². The van der Waals surface area contributed by atoms with Crippen molar-refractivity contribution in [2.75, 3.05) is 0 Å². The van der Waals surface area contributed by atoms with Gasteiger partial charge in [0.25, 0.3) is 0 Å². The molecule has 0 radical (unpaired) electrons. The normalized spacial score (nSPS) is 23.8. The predicted molar refractivity (Wildman–Crippen MR) is 58.6 cm³/mol. The summed E-state index contributed by atoms with van der Waals surface area (Å²) in [6.45, 7) is 0. The van der Waals surface area contributed by atoms with Crippen molar-refractivity contribution in [1.82, 2.24) is 4.72 Å². The first-order valence-electron chi connectivity index (χ1n) is 4.29. The van der Waals surface area contributed by atoms with Gasteiger partial charge in [-0.2, -0.15) is 0 Å². The van der Waals surface area contributed by atoms with Gasteiger partial charge in [0.15, 0.2) is 0 Å². The van der Waals surface area contributed by atoms with E-state index in [2.05, 4.69) is 15.9 Å². The first kappa shape index (κ1) is 10.6. The van der Waals surface area contributed by atoms with Gasteiger partial charge in [0.1, 0.15) is 5.25 Å². The summed E-state index contributed by atoms with van der Waals surface area (Å²) in [6, 6.07) is 6.92. The highest BCUT2D eigenvalue weighted by Gasteiger charge is 2.37. The molecule has 2 rings (SSSR count). The number of rotatable bonds is 1. The van der Waals surface area contributed by atoms with Crippen LogP contribution < -0.4 is 4.72 Å². The first-order valence-corrected chi connectivity index (χ1v) is 6.63. The maximum Gasteiger partial charge on any atom is 0.242 e. The minimum atomic E-state index is -3.52. The van der Waals surface area contributed by atoms with Gasteiger partial charge < -0.3 is 0 Å². The first-order chi connectivity index (χ1) is 6.99. The molecule has 1 atom stereocenters. The highest BCUT2D eigenvalue weighted by Crippen LogP contribution is 2.30. The van der Waals surface area contributed by atoms with Crippen LogP contribution in [-0.2, 0) is 14.8 Å². The molecule has 0 saturated carbocycles. The van der Waals surface area contributed by atoms with Gasteiger partial charge >= 0.3 is 0 Å². The second-order valence-corrected chi connectivity index (χ2v) is 6.09. The molecule has 1 amide bonds. The van der Waals surface area contributed by atoms with E-state index in [1.807, 2.05) is 4.72 Å². The molecule has 4 nitrogen and oxygen atoms in total. The molecular formula is C9H8BrNO3S. The quantitative estimate of drug-likeness (QED) is 0.849. The summed E-state index contributed by atoms with van der Waals surface area (Å²) in [6.07, 6.45) is 0.00393. The Kier molecular flexibility index (Phi) is 2.56. The van der Waals surface area contributed by atoms with E-state index in [0.29, 0.717) is 5.56 Å². The van der Waals surface area contributed by atoms with Crippen LogP contribution in [-0.4, -0.2) is 14.3 Å². The Morgan fingerprint density at radius 3 is 2.33 bits per heavy atom. The average molecular weight is 290 g/mol. The number of amides is 1. The second kappa shape index (κ2) is 3.61. The van der Waals surface area contributed by atoms with Crippen LogP contribution in [0.1, 0.15) is 17.2 Å². The standard InChI is InChI=1S/C9H8BrNO3S/c10-7-3-1-6(2-4-7)8-5-9(12)11-15(8,13)14/h1-4,8H,5H2,(H,11,12). The van der Waals surface area contributed by atoms with Gasteiger partial charge in [0.05, 0.1) is 6.42 Å². The monoisotopic (exact) mass is 289 g/mol. The Labute approximate surface area is 95.9 Å². The van der Waals surface area contributed by atoms with Gasteiger partial charge in [-0.15, -0.1) is 0 Å². The molecule has 15 heavy (non-hydrogen) atoms. The molecule has 1 aromatic rings. The molecule has 0 spiro atoms. The smallest absolute Gasteiger partial charge is 0.242 e. The molecular weight excluding hydrogens is 282 g/mol. The molecule has 1 N–H and O–H groups in total. The molecule has 0 aliphatic carbocycles. The minimum absolute atomic E-state index is 0.00393. The topological polar surface area (TPSA) is 63.2 Å². The molecule has 1 aliphatic heterocycles. The van der Waals surface area contributed by atoms with Crippen molar-refractivity contribution in [2.45, 2.75) is 11.7 Å². The highest BCUT2D eigenvalue weighted by atomic mass is 79.9. The lowest BCUT2D eigenvalue weighted by Gasteiger charge is -2.07. The third-order valence-electron chi connectivity index (χ3n) is 2.24. The summed E-state index contributed by atoms with van der Waals surface area (Å²) in [5, 5.41) is -0.752. The van der Waals surface area contributed by atoms with Gasteiger partial charge in [0.2, 0.25) is 15.9 Å². The van der Waals surface area contributed by atoms with E-state index in [0.717, 1.165) is 4.47 Å². The van der Waals surface area contributed by atoms with Crippen molar-refractivity contribution in [1.29, 1.82) is 0 Å². The Balaban J connectivity index is 2.40. The summed E-state index contributed by atoms with van der Waals surface area (Å²) in [5.41, 5.74) is 0.636. The van der Waals surface area contributed by atoms with Gasteiger partial charge in [-0.25, -0.2) is 8.42 Å². The molecule has 1 saturated heterocycles. The van der Waals surface area contributed by atoms with E-state index in [4.69, 9.17) is 0 Å². The number of nitrogens with one attached hydrogen (secondary N) is 1. The Hall–Kier alpha value is -0.880. The van der Waals surface area contributed by atoms with Crippen LogP contribution in [0.3, 0.4) is 0 Å². The van der Waals surface area contributed by atoms with Crippen LogP contribution in [0.4, 0.5) is 0 Å². The van der Waals surface area contributed by atoms with Gasteiger partial charge in [-0.3, -0.25) is 9.52 Å². The molecule has 1 unspecified atom stereocenters. The number of carbonyl (C=O) groups is 1. The van der Waals surface area contributed by atoms with Gasteiger partial charge in [0, 0.05) is 4.47 Å². The van der Waals surface area contributed by atoms with Crippen molar-refractivity contribution in [2.24, 2.45) is 0 Å². The lowest BCUT2D eigenvalue weighted by Crippen LogP contribution is -2.21. The SMILES string of the molecule is O=C1CC(c2ccc(Br)cc2)S(=O)(=O)N1. The summed E-state index contributed by atoms with van der Waals surface area (Å²) < 4.78 is 25.9. The van der Waals surface area contributed by atoms with Crippen LogP contribution in [0.2, 0.25) is 0 Å². The molecule has 0 aromatic heterocycles. The third-order valence-corrected chi connectivity index (χ3v) is 4.47. The zero-order valence-corrected chi connectivity index (χ0v) is 10.0. The molecule has 1 heterocycles. The van der Waals surface area contributed by atoms with Gasteiger partial charge in [-0.05, 0) is 17.7 Å². The van der Waals surface area contributed by atoms with Crippen molar-refractivity contribution in [3.63, 3.8) is 0 Å². The minimum Gasteiger partial charge on any atom is -0.274 e. The second-order valence-electron chi connectivity index (χ2n) is 3.31. The Morgan fingerprint density at radius 2 is 1.87 bits per heavy atom. The number of carbonyl (C=O) groups excluding carboxylic acids is 1. The van der Waals surface area contributed by atoms with E-state index >= 15 is 0 Å². The molecule has 1 aromatic carbocycles. The van der Waals surface area contributed by atoms with Crippen LogP contribution >= 0.6 is 15.9 Å². The number of benzene rings is 1. The Morgan fingerprint density at radius 1 is 1.27 bits per heavy atom. The van der Waals surface area contributed by atoms with Crippen LogP contribution in [0.5, 0.6) is 0 Å². The van der Waals surface area contributed by atoms with Crippen LogP contribution in [0, 0.1) is 0 Å². The lowest BCUT2D eigenvalue weighted by molar-refractivity contribution is -0.118.